The van der Waals surface area contributed by atoms with Crippen molar-refractivity contribution in [2.45, 2.75) is 24.8 Å². The molecule has 1 saturated carbocycles. The Labute approximate surface area is 136 Å². The molecule has 1 aliphatic rings. The van der Waals surface area contributed by atoms with Gasteiger partial charge in [-0.3, -0.25) is 9.59 Å². The minimum atomic E-state index is -0.336. The largest absolute Gasteiger partial charge is 0.341 e. The van der Waals surface area contributed by atoms with E-state index in [0.29, 0.717) is 0 Å². The van der Waals surface area contributed by atoms with Gasteiger partial charge in [0.25, 0.3) is 11.5 Å². The van der Waals surface area contributed by atoms with Crippen molar-refractivity contribution in [1.29, 1.82) is 0 Å². The van der Waals surface area contributed by atoms with Crippen LogP contribution in [-0.4, -0.2) is 15.7 Å². The molecule has 1 aromatic carbocycles. The zero-order chi connectivity index (χ0) is 15.7. The van der Waals surface area contributed by atoms with Crippen LogP contribution >= 0.6 is 15.9 Å². The summed E-state index contributed by atoms with van der Waals surface area (Å²) in [7, 11) is 1.53. The lowest BCUT2D eigenvalue weighted by molar-refractivity contribution is 0.0815. The van der Waals surface area contributed by atoms with E-state index < -0.39 is 0 Å². The number of carbonyl (C=O) groups excluding carboxylic acids is 1. The number of nitrogens with zero attached hydrogens (tertiary/aromatic N) is 2. The Morgan fingerprint density at radius 2 is 2.09 bits per heavy atom. The molecule has 3 rings (SSSR count). The van der Waals surface area contributed by atoms with Crippen LogP contribution in [0.2, 0.25) is 0 Å². The molecular formula is C16H16BrN3O2. The fraction of sp³-hybridized carbons (Fsp3) is 0.312. The van der Waals surface area contributed by atoms with E-state index in [1.165, 1.54) is 23.9 Å². The van der Waals surface area contributed by atoms with Crippen LogP contribution in [0, 0.1) is 0 Å². The van der Waals surface area contributed by atoms with Crippen molar-refractivity contribution >= 4 is 21.8 Å². The number of aryl methyl sites for hydroxylation is 1. The van der Waals surface area contributed by atoms with Gasteiger partial charge >= 0.3 is 0 Å². The maximum Gasteiger partial charge on any atom is 0.272 e. The molecule has 0 unspecified atom stereocenters. The summed E-state index contributed by atoms with van der Waals surface area (Å²) < 4.78 is 2.16. The summed E-state index contributed by atoms with van der Waals surface area (Å²) >= 11 is 3.47. The van der Waals surface area contributed by atoms with Gasteiger partial charge in [0.1, 0.15) is 5.69 Å². The van der Waals surface area contributed by atoms with Crippen LogP contribution in [0.4, 0.5) is 0 Å². The van der Waals surface area contributed by atoms with Gasteiger partial charge in [0.05, 0.1) is 5.54 Å². The lowest BCUT2D eigenvalue weighted by Gasteiger charge is -2.43. The van der Waals surface area contributed by atoms with Gasteiger partial charge in [-0.1, -0.05) is 28.1 Å². The van der Waals surface area contributed by atoms with E-state index in [0.717, 1.165) is 29.3 Å². The van der Waals surface area contributed by atoms with Crippen molar-refractivity contribution in [3.05, 3.63) is 62.5 Å². The highest BCUT2D eigenvalue weighted by molar-refractivity contribution is 9.10. The van der Waals surface area contributed by atoms with E-state index in [-0.39, 0.29) is 22.7 Å². The molecular weight excluding hydrogens is 346 g/mol. The van der Waals surface area contributed by atoms with E-state index in [2.05, 4.69) is 26.3 Å². The highest BCUT2D eigenvalue weighted by atomic mass is 79.9. The minimum Gasteiger partial charge on any atom is -0.341 e. The van der Waals surface area contributed by atoms with Crippen LogP contribution in [-0.2, 0) is 12.6 Å². The number of hydrogen-bond acceptors (Lipinski definition) is 3. The molecule has 114 valence electrons. The number of aromatic nitrogens is 2. The Bertz CT molecular complexity index is 781. The Morgan fingerprint density at radius 3 is 2.68 bits per heavy atom. The highest BCUT2D eigenvalue weighted by Crippen LogP contribution is 2.42. The zero-order valence-electron chi connectivity index (χ0n) is 12.2. The maximum atomic E-state index is 12.5. The van der Waals surface area contributed by atoms with Crippen LogP contribution in [0.15, 0.2) is 45.7 Å². The SMILES string of the molecule is Cn1nc(C(=O)NC2(c3cccc(Br)c3)CCC2)ccc1=O. The van der Waals surface area contributed by atoms with Gasteiger partial charge in [-0.05, 0) is 43.0 Å². The van der Waals surface area contributed by atoms with Gasteiger partial charge in [0.15, 0.2) is 0 Å². The number of nitrogens with one attached hydrogen (secondary N) is 1. The molecule has 1 heterocycles. The normalized spacial score (nSPS) is 15.9. The van der Waals surface area contributed by atoms with Crippen molar-refractivity contribution in [3.63, 3.8) is 0 Å². The highest BCUT2D eigenvalue weighted by Gasteiger charge is 2.40. The first-order valence-corrected chi connectivity index (χ1v) is 7.92. The molecule has 1 N–H and O–H groups in total. The Hall–Kier alpha value is -1.95. The van der Waals surface area contributed by atoms with Gasteiger partial charge < -0.3 is 5.32 Å². The molecule has 0 bridgehead atoms. The van der Waals surface area contributed by atoms with Crippen molar-refractivity contribution in [1.82, 2.24) is 15.1 Å². The Morgan fingerprint density at radius 1 is 1.32 bits per heavy atom. The summed E-state index contributed by atoms with van der Waals surface area (Å²) in [6.45, 7) is 0. The summed E-state index contributed by atoms with van der Waals surface area (Å²) in [5, 5.41) is 7.11. The van der Waals surface area contributed by atoms with Gasteiger partial charge in [-0.25, -0.2) is 4.68 Å². The lowest BCUT2D eigenvalue weighted by atomic mass is 9.71. The van der Waals surface area contributed by atoms with Crippen molar-refractivity contribution < 1.29 is 4.79 Å². The number of amides is 1. The van der Waals surface area contributed by atoms with Gasteiger partial charge in [-0.2, -0.15) is 5.10 Å². The molecule has 0 aliphatic heterocycles. The summed E-state index contributed by atoms with van der Waals surface area (Å²) in [6, 6.07) is 10.8. The standard InChI is InChI=1S/C16H16BrN3O2/c1-20-14(21)7-6-13(19-20)15(22)18-16(8-3-9-16)11-4-2-5-12(17)10-11/h2,4-7,10H,3,8-9H2,1H3,(H,18,22). The van der Waals surface area contributed by atoms with Gasteiger partial charge in [0, 0.05) is 17.6 Å². The molecule has 1 aliphatic carbocycles. The lowest BCUT2D eigenvalue weighted by Crippen LogP contribution is -2.51. The smallest absolute Gasteiger partial charge is 0.272 e. The molecule has 0 atom stereocenters. The van der Waals surface area contributed by atoms with E-state index in [9.17, 15) is 9.59 Å². The third-order valence-electron chi connectivity index (χ3n) is 4.13. The van der Waals surface area contributed by atoms with E-state index in [4.69, 9.17) is 0 Å². The molecule has 22 heavy (non-hydrogen) atoms. The predicted molar refractivity (Wildman–Crippen MR) is 86.6 cm³/mol. The minimum absolute atomic E-state index is 0.234. The van der Waals surface area contributed by atoms with E-state index >= 15 is 0 Å². The topological polar surface area (TPSA) is 64.0 Å². The number of benzene rings is 1. The van der Waals surface area contributed by atoms with Gasteiger partial charge in [-0.15, -0.1) is 0 Å². The average molecular weight is 362 g/mol. The first-order valence-electron chi connectivity index (χ1n) is 7.13. The third kappa shape index (κ3) is 2.70. The van der Waals surface area contributed by atoms with Crippen LogP contribution in [0.25, 0.3) is 0 Å². The Kier molecular flexibility index (Phi) is 3.87. The summed E-state index contributed by atoms with van der Waals surface area (Å²) in [6.07, 6.45) is 2.88. The Balaban J connectivity index is 1.88. The van der Waals surface area contributed by atoms with Crippen molar-refractivity contribution in [3.8, 4) is 0 Å². The van der Waals surface area contributed by atoms with Gasteiger partial charge in [0.2, 0.25) is 0 Å². The van der Waals surface area contributed by atoms with Crippen molar-refractivity contribution in [2.75, 3.05) is 0 Å². The zero-order valence-corrected chi connectivity index (χ0v) is 13.8. The fourth-order valence-corrected chi connectivity index (χ4v) is 3.11. The van der Waals surface area contributed by atoms with Crippen LogP contribution in [0.3, 0.4) is 0 Å². The second-order valence-electron chi connectivity index (χ2n) is 5.58. The van der Waals surface area contributed by atoms with E-state index in [1.54, 1.807) is 0 Å². The number of hydrogen-bond donors (Lipinski definition) is 1. The molecule has 2 aromatic rings. The number of rotatable bonds is 3. The van der Waals surface area contributed by atoms with Crippen LogP contribution in [0.5, 0.6) is 0 Å². The summed E-state index contributed by atoms with van der Waals surface area (Å²) in [4.78, 5) is 23.8. The fourth-order valence-electron chi connectivity index (χ4n) is 2.71. The second-order valence-corrected chi connectivity index (χ2v) is 6.50. The number of carbonyl (C=O) groups is 1. The molecule has 0 saturated heterocycles. The average Bonchev–Trinajstić information content (AvgIpc) is 2.45. The maximum absolute atomic E-state index is 12.5. The van der Waals surface area contributed by atoms with Crippen LogP contribution in [0.1, 0.15) is 35.3 Å². The molecule has 5 nitrogen and oxygen atoms in total. The quantitative estimate of drug-likeness (QED) is 0.912. The molecule has 1 aromatic heterocycles. The summed E-state index contributed by atoms with van der Waals surface area (Å²) in [5.41, 5.74) is 0.772. The van der Waals surface area contributed by atoms with Crippen LogP contribution < -0.4 is 10.9 Å². The first-order chi connectivity index (χ1) is 10.5. The summed E-state index contributed by atoms with van der Waals surface area (Å²) in [5.74, 6) is -0.254. The monoisotopic (exact) mass is 361 g/mol. The number of halogens is 1. The third-order valence-corrected chi connectivity index (χ3v) is 4.62. The second kappa shape index (κ2) is 5.68. The molecule has 1 amide bonds. The molecule has 6 heteroatoms. The molecule has 0 radical (unpaired) electrons. The van der Waals surface area contributed by atoms with Crippen molar-refractivity contribution in [2.24, 2.45) is 7.05 Å². The predicted octanol–water partition coefficient (Wildman–Crippen LogP) is 2.35. The van der Waals surface area contributed by atoms with E-state index in [1.807, 2.05) is 24.3 Å². The molecule has 0 spiro atoms. The molecule has 1 fully saturated rings. The first kappa shape index (κ1) is 15.0.